The Labute approximate surface area is 134 Å². The topological polar surface area (TPSA) is 0 Å². The van der Waals surface area contributed by atoms with Gasteiger partial charge in [0.1, 0.15) is 0 Å². The largest absolute Gasteiger partial charge is 0.0622 e. The van der Waals surface area contributed by atoms with Crippen LogP contribution in [0.1, 0.15) is 0 Å². The Bertz CT molecular complexity index is 529. The minimum absolute atomic E-state index is 0. The van der Waals surface area contributed by atoms with Crippen LogP contribution in [-0.4, -0.2) is 0 Å². The molecule has 0 spiro atoms. The number of hydrogen-bond donors (Lipinski definition) is 0. The Balaban J connectivity index is 0.00000147. The molecule has 3 rings (SSSR count). The van der Waals surface area contributed by atoms with Crippen LogP contribution in [-0.2, 0) is 19.5 Å². The molecular formula is C18H14PRu. The summed E-state index contributed by atoms with van der Waals surface area (Å²) in [6.45, 7) is 0. The van der Waals surface area contributed by atoms with Crippen LogP contribution in [0.4, 0.5) is 0 Å². The minimum Gasteiger partial charge on any atom is -0.0622 e. The third-order valence-electron chi connectivity index (χ3n) is 2.99. The summed E-state index contributed by atoms with van der Waals surface area (Å²) in [5.74, 6) is 0. The second kappa shape index (κ2) is 7.48. The molecule has 0 aliphatic heterocycles. The zero-order valence-electron chi connectivity index (χ0n) is 10.9. The van der Waals surface area contributed by atoms with E-state index in [-0.39, 0.29) is 19.5 Å². The van der Waals surface area contributed by atoms with Gasteiger partial charge in [-0.1, -0.05) is 84.9 Å². The van der Waals surface area contributed by atoms with Gasteiger partial charge in [-0.15, -0.1) is 0 Å². The van der Waals surface area contributed by atoms with Gasteiger partial charge in [-0.25, -0.2) is 0 Å². The smallest absolute Gasteiger partial charge is 0 e. The molecule has 0 aliphatic rings. The van der Waals surface area contributed by atoms with Gasteiger partial charge in [0.15, 0.2) is 0 Å². The van der Waals surface area contributed by atoms with Gasteiger partial charge < -0.3 is 0 Å². The summed E-state index contributed by atoms with van der Waals surface area (Å²) in [6.07, 6.45) is 0. The fraction of sp³-hybridized carbons (Fsp3) is 0. The van der Waals surface area contributed by atoms with Crippen molar-refractivity contribution in [3.05, 3.63) is 91.0 Å². The molecule has 0 saturated carbocycles. The van der Waals surface area contributed by atoms with Crippen molar-refractivity contribution in [2.24, 2.45) is 0 Å². The van der Waals surface area contributed by atoms with Gasteiger partial charge in [0.25, 0.3) is 0 Å². The third kappa shape index (κ3) is 3.42. The van der Waals surface area contributed by atoms with Crippen LogP contribution >= 0.6 is 7.92 Å². The minimum atomic E-state index is -0.466. The second-order valence-corrected chi connectivity index (χ2v) is 6.48. The van der Waals surface area contributed by atoms with Crippen LogP contribution < -0.4 is 15.9 Å². The van der Waals surface area contributed by atoms with E-state index in [0.717, 1.165) is 0 Å². The second-order valence-electron chi connectivity index (χ2n) is 4.26. The van der Waals surface area contributed by atoms with Crippen molar-refractivity contribution in [2.75, 3.05) is 0 Å². The van der Waals surface area contributed by atoms with Gasteiger partial charge in [-0.2, -0.15) is 0 Å². The number of benzene rings is 3. The molecule has 0 nitrogen and oxygen atoms in total. The first-order chi connectivity index (χ1) is 9.45. The molecule has 20 heavy (non-hydrogen) atoms. The van der Waals surface area contributed by atoms with Crippen molar-refractivity contribution in [1.29, 1.82) is 0 Å². The predicted octanol–water partition coefficient (Wildman–Crippen LogP) is 3.24. The van der Waals surface area contributed by atoms with E-state index in [1.807, 2.05) is 12.1 Å². The molecule has 0 atom stereocenters. The molecule has 3 aromatic carbocycles. The molecule has 0 N–H and O–H groups in total. The van der Waals surface area contributed by atoms with E-state index in [9.17, 15) is 0 Å². The zero-order chi connectivity index (χ0) is 12.9. The van der Waals surface area contributed by atoms with Crippen LogP contribution in [0.25, 0.3) is 0 Å². The van der Waals surface area contributed by atoms with Crippen molar-refractivity contribution in [3.8, 4) is 0 Å². The Morgan fingerprint density at radius 3 is 1.40 bits per heavy atom. The quantitative estimate of drug-likeness (QED) is 0.496. The molecule has 0 aliphatic carbocycles. The van der Waals surface area contributed by atoms with Crippen molar-refractivity contribution < 1.29 is 19.5 Å². The van der Waals surface area contributed by atoms with Crippen LogP contribution in [0, 0.1) is 6.07 Å². The molecule has 0 aromatic heterocycles. The van der Waals surface area contributed by atoms with Gasteiger partial charge in [0.2, 0.25) is 0 Å². The molecule has 3 aromatic rings. The first kappa shape index (κ1) is 15.1. The number of rotatable bonds is 3. The Morgan fingerprint density at radius 2 is 0.950 bits per heavy atom. The fourth-order valence-electron chi connectivity index (χ4n) is 2.13. The summed E-state index contributed by atoms with van der Waals surface area (Å²) in [6, 6.07) is 32.9. The van der Waals surface area contributed by atoms with E-state index in [2.05, 4.69) is 78.9 Å². The van der Waals surface area contributed by atoms with E-state index in [1.54, 1.807) is 0 Å². The monoisotopic (exact) mass is 363 g/mol. The maximum absolute atomic E-state index is 3.10. The molecule has 0 heterocycles. The summed E-state index contributed by atoms with van der Waals surface area (Å²) in [5.41, 5.74) is 0. The third-order valence-corrected chi connectivity index (χ3v) is 5.43. The van der Waals surface area contributed by atoms with E-state index in [4.69, 9.17) is 0 Å². The van der Waals surface area contributed by atoms with Crippen molar-refractivity contribution >= 4 is 23.8 Å². The van der Waals surface area contributed by atoms with Gasteiger partial charge in [0, 0.05) is 19.5 Å². The van der Waals surface area contributed by atoms with Crippen LogP contribution in [0.2, 0.25) is 0 Å². The average molecular weight is 362 g/mol. The maximum Gasteiger partial charge on any atom is 0 e. The van der Waals surface area contributed by atoms with E-state index in [0.29, 0.717) is 0 Å². The van der Waals surface area contributed by atoms with E-state index < -0.39 is 7.92 Å². The van der Waals surface area contributed by atoms with Gasteiger partial charge in [-0.3, -0.25) is 0 Å². The molecule has 0 amide bonds. The first-order valence-corrected chi connectivity index (χ1v) is 7.66. The molecule has 0 saturated heterocycles. The SMILES string of the molecule is [Ru].[c]1ccc(P(c2ccccc2)c2ccccc2)cc1. The zero-order valence-corrected chi connectivity index (χ0v) is 13.5. The summed E-state index contributed by atoms with van der Waals surface area (Å²) >= 11 is 0. The average Bonchev–Trinajstić information content (AvgIpc) is 2.51. The molecule has 0 bridgehead atoms. The predicted molar refractivity (Wildman–Crippen MR) is 84.0 cm³/mol. The number of hydrogen-bond acceptors (Lipinski definition) is 0. The van der Waals surface area contributed by atoms with Gasteiger partial charge >= 0.3 is 0 Å². The Hall–Kier alpha value is -1.29. The van der Waals surface area contributed by atoms with E-state index >= 15 is 0 Å². The normalized spacial score (nSPS) is 10.1. The molecule has 2 heteroatoms. The van der Waals surface area contributed by atoms with Gasteiger partial charge in [-0.05, 0) is 29.9 Å². The van der Waals surface area contributed by atoms with Gasteiger partial charge in [0.05, 0.1) is 0 Å². The standard InChI is InChI=1S/C18H14P.Ru/c1-4-10-16(11-5-1)19(17-12-6-2-7-13-17)18-14-8-3-9-15-18;/h1-2,4-15H;. The molecular weight excluding hydrogens is 348 g/mol. The Kier molecular flexibility index (Phi) is 5.65. The molecule has 1 radical (unpaired) electrons. The van der Waals surface area contributed by atoms with Crippen molar-refractivity contribution in [2.45, 2.75) is 0 Å². The first-order valence-electron chi connectivity index (χ1n) is 6.31. The van der Waals surface area contributed by atoms with Crippen LogP contribution in [0.5, 0.6) is 0 Å². The summed E-state index contributed by atoms with van der Waals surface area (Å²) in [4.78, 5) is 0. The van der Waals surface area contributed by atoms with Crippen molar-refractivity contribution in [1.82, 2.24) is 0 Å². The summed E-state index contributed by atoms with van der Waals surface area (Å²) < 4.78 is 0. The summed E-state index contributed by atoms with van der Waals surface area (Å²) in [5, 5.41) is 4.14. The Morgan fingerprint density at radius 1 is 0.550 bits per heavy atom. The summed E-state index contributed by atoms with van der Waals surface area (Å²) in [7, 11) is -0.466. The maximum atomic E-state index is 3.10. The van der Waals surface area contributed by atoms with Crippen LogP contribution in [0.3, 0.4) is 0 Å². The molecule has 0 unspecified atom stereocenters. The fourth-order valence-corrected chi connectivity index (χ4v) is 4.41. The van der Waals surface area contributed by atoms with E-state index in [1.165, 1.54) is 15.9 Å². The van der Waals surface area contributed by atoms with Crippen LogP contribution in [0.15, 0.2) is 84.9 Å². The molecule has 99 valence electrons. The molecule has 0 fully saturated rings. The van der Waals surface area contributed by atoms with Crippen molar-refractivity contribution in [3.63, 3.8) is 0 Å².